The lowest BCUT2D eigenvalue weighted by atomic mass is 10.1. The van der Waals surface area contributed by atoms with Crippen LogP contribution >= 0.6 is 23.2 Å². The molecule has 0 aromatic heterocycles. The molecule has 0 radical (unpaired) electrons. The molecule has 1 rings (SSSR count). The van der Waals surface area contributed by atoms with Crippen molar-refractivity contribution in [1.82, 2.24) is 0 Å². The average Bonchev–Trinajstić information content (AvgIpc) is 2.26. The molecule has 0 bridgehead atoms. The van der Waals surface area contributed by atoms with Gasteiger partial charge in [0.05, 0.1) is 10.6 Å². The van der Waals surface area contributed by atoms with Gasteiger partial charge in [-0.05, 0) is 32.9 Å². The van der Waals surface area contributed by atoms with E-state index < -0.39 is 6.10 Å². The summed E-state index contributed by atoms with van der Waals surface area (Å²) < 4.78 is 5.46. The highest BCUT2D eigenvalue weighted by Crippen LogP contribution is 2.27. The first-order valence-electron chi connectivity index (χ1n) is 5.88. The first-order valence-corrected chi connectivity index (χ1v) is 6.64. The van der Waals surface area contributed by atoms with Crippen molar-refractivity contribution in [3.63, 3.8) is 0 Å². The van der Waals surface area contributed by atoms with Crippen molar-refractivity contribution in [2.45, 2.75) is 32.4 Å². The van der Waals surface area contributed by atoms with Gasteiger partial charge in [0.15, 0.2) is 0 Å². The molecule has 0 saturated heterocycles. The van der Waals surface area contributed by atoms with Gasteiger partial charge >= 0.3 is 0 Å². The van der Waals surface area contributed by atoms with E-state index in [9.17, 15) is 5.11 Å². The summed E-state index contributed by atoms with van der Waals surface area (Å²) in [5.74, 6) is 0.499. The Morgan fingerprint density at radius 1 is 1.33 bits per heavy atom. The standard InChI is InChI=1S/C13H19Cl2NO2/c1-13(2,3)16-7-10(17)8-18-12-6-9(14)4-5-11(12)15/h4-6,10,16-17H,7-8H2,1-3H3/p+1/t10-/m0/s1. The molecule has 0 heterocycles. The Morgan fingerprint density at radius 2 is 2.00 bits per heavy atom. The van der Waals surface area contributed by atoms with Gasteiger partial charge in [0.2, 0.25) is 0 Å². The van der Waals surface area contributed by atoms with E-state index >= 15 is 0 Å². The highest BCUT2D eigenvalue weighted by Gasteiger charge is 2.16. The molecule has 0 fully saturated rings. The van der Waals surface area contributed by atoms with E-state index in [1.807, 2.05) is 0 Å². The molecule has 1 atom stereocenters. The van der Waals surface area contributed by atoms with Crippen LogP contribution in [0.25, 0.3) is 0 Å². The Bertz CT molecular complexity index is 391. The summed E-state index contributed by atoms with van der Waals surface area (Å²) in [5, 5.41) is 12.9. The van der Waals surface area contributed by atoms with Crippen LogP contribution in [0.15, 0.2) is 18.2 Å². The van der Waals surface area contributed by atoms with Crippen LogP contribution in [0, 0.1) is 0 Å². The lowest BCUT2D eigenvalue weighted by molar-refractivity contribution is -0.722. The first kappa shape index (κ1) is 15.6. The zero-order valence-electron chi connectivity index (χ0n) is 10.9. The maximum absolute atomic E-state index is 9.80. The Labute approximate surface area is 118 Å². The highest BCUT2D eigenvalue weighted by atomic mass is 35.5. The number of nitrogens with two attached hydrogens (primary N) is 1. The number of halogens is 2. The number of benzene rings is 1. The topological polar surface area (TPSA) is 46.1 Å². The smallest absolute Gasteiger partial charge is 0.139 e. The summed E-state index contributed by atoms with van der Waals surface area (Å²) in [6.45, 7) is 7.06. The van der Waals surface area contributed by atoms with Gasteiger partial charge in [0.25, 0.3) is 0 Å². The fourth-order valence-electron chi connectivity index (χ4n) is 1.33. The third-order valence-corrected chi connectivity index (χ3v) is 2.87. The maximum atomic E-state index is 9.80. The first-order chi connectivity index (χ1) is 8.28. The van der Waals surface area contributed by atoms with E-state index in [1.165, 1.54) is 0 Å². The van der Waals surface area contributed by atoms with E-state index in [2.05, 4.69) is 26.1 Å². The van der Waals surface area contributed by atoms with E-state index in [4.69, 9.17) is 27.9 Å². The van der Waals surface area contributed by atoms with Crippen molar-refractivity contribution in [2.24, 2.45) is 0 Å². The van der Waals surface area contributed by atoms with Gasteiger partial charge in [-0.3, -0.25) is 0 Å². The average molecular weight is 293 g/mol. The van der Waals surface area contributed by atoms with Crippen molar-refractivity contribution in [1.29, 1.82) is 0 Å². The minimum Gasteiger partial charge on any atom is -0.489 e. The van der Waals surface area contributed by atoms with Crippen LogP contribution in [0.2, 0.25) is 10.0 Å². The number of aliphatic hydroxyl groups is 1. The monoisotopic (exact) mass is 292 g/mol. The lowest BCUT2D eigenvalue weighted by Crippen LogP contribution is -2.96. The van der Waals surface area contributed by atoms with Crippen LogP contribution in [-0.4, -0.2) is 29.9 Å². The fraction of sp³-hybridized carbons (Fsp3) is 0.538. The van der Waals surface area contributed by atoms with Gasteiger partial charge in [0, 0.05) is 11.1 Å². The van der Waals surface area contributed by atoms with Gasteiger partial charge < -0.3 is 15.2 Å². The van der Waals surface area contributed by atoms with Gasteiger partial charge in [-0.1, -0.05) is 23.2 Å². The van der Waals surface area contributed by atoms with E-state index in [0.29, 0.717) is 22.3 Å². The van der Waals surface area contributed by atoms with Crippen molar-refractivity contribution in [2.75, 3.05) is 13.2 Å². The number of ether oxygens (including phenoxy) is 1. The molecule has 0 unspecified atom stereocenters. The quantitative estimate of drug-likeness (QED) is 0.873. The summed E-state index contributed by atoms with van der Waals surface area (Å²) in [5.41, 5.74) is 0.0919. The van der Waals surface area contributed by atoms with E-state index in [0.717, 1.165) is 0 Å². The zero-order chi connectivity index (χ0) is 13.8. The molecular formula is C13H20Cl2NO2+. The second-order valence-corrected chi connectivity index (χ2v) is 6.19. The zero-order valence-corrected chi connectivity index (χ0v) is 12.4. The van der Waals surface area contributed by atoms with Crippen LogP contribution in [0.5, 0.6) is 5.75 Å². The molecule has 3 nitrogen and oxygen atoms in total. The normalized spacial score (nSPS) is 13.4. The largest absolute Gasteiger partial charge is 0.489 e. The van der Waals surface area contributed by atoms with Crippen LogP contribution < -0.4 is 10.1 Å². The molecule has 0 aliphatic heterocycles. The molecule has 0 spiro atoms. The number of quaternary nitrogens is 1. The second kappa shape index (κ2) is 6.62. The summed E-state index contributed by atoms with van der Waals surface area (Å²) in [6, 6.07) is 5.01. The summed E-state index contributed by atoms with van der Waals surface area (Å²) in [7, 11) is 0. The van der Waals surface area contributed by atoms with Crippen molar-refractivity contribution >= 4 is 23.2 Å². The molecule has 5 heteroatoms. The van der Waals surface area contributed by atoms with Crippen molar-refractivity contribution in [3.05, 3.63) is 28.2 Å². The summed E-state index contributed by atoms with van der Waals surface area (Å²) in [4.78, 5) is 0. The van der Waals surface area contributed by atoms with E-state index in [1.54, 1.807) is 18.2 Å². The van der Waals surface area contributed by atoms with Crippen LogP contribution in [0.4, 0.5) is 0 Å². The van der Waals surface area contributed by atoms with Gasteiger partial charge in [-0.2, -0.15) is 0 Å². The Kier molecular flexibility index (Phi) is 5.73. The molecule has 18 heavy (non-hydrogen) atoms. The Balaban J connectivity index is 2.42. The van der Waals surface area contributed by atoms with Crippen LogP contribution in [0.1, 0.15) is 20.8 Å². The van der Waals surface area contributed by atoms with Crippen LogP contribution in [-0.2, 0) is 0 Å². The fourth-order valence-corrected chi connectivity index (χ4v) is 1.67. The second-order valence-electron chi connectivity index (χ2n) is 5.35. The SMILES string of the molecule is CC(C)(C)[NH2+]C[C@H](O)COc1cc(Cl)ccc1Cl. The third-order valence-electron chi connectivity index (χ3n) is 2.33. The van der Waals surface area contributed by atoms with Crippen molar-refractivity contribution in [3.8, 4) is 5.75 Å². The van der Waals surface area contributed by atoms with Crippen molar-refractivity contribution < 1.29 is 15.2 Å². The highest BCUT2D eigenvalue weighted by molar-refractivity contribution is 6.34. The molecule has 0 aliphatic carbocycles. The van der Waals surface area contributed by atoms with E-state index in [-0.39, 0.29) is 12.1 Å². The number of hydrogen-bond donors (Lipinski definition) is 2. The van der Waals surface area contributed by atoms with Gasteiger partial charge in [-0.15, -0.1) is 0 Å². The maximum Gasteiger partial charge on any atom is 0.139 e. The third kappa shape index (κ3) is 5.91. The molecule has 3 N–H and O–H groups in total. The summed E-state index contributed by atoms with van der Waals surface area (Å²) in [6.07, 6.45) is -0.542. The minimum atomic E-state index is -0.542. The molecule has 0 saturated carbocycles. The molecule has 102 valence electrons. The molecule has 1 aromatic carbocycles. The number of hydrogen-bond acceptors (Lipinski definition) is 2. The van der Waals surface area contributed by atoms with Crippen LogP contribution in [0.3, 0.4) is 0 Å². The van der Waals surface area contributed by atoms with Gasteiger partial charge in [-0.25, -0.2) is 0 Å². The lowest BCUT2D eigenvalue weighted by Gasteiger charge is -2.19. The Hall–Kier alpha value is -0.480. The predicted octanol–water partition coefficient (Wildman–Crippen LogP) is 2.10. The van der Waals surface area contributed by atoms with Gasteiger partial charge in [0.1, 0.15) is 25.0 Å². The Morgan fingerprint density at radius 3 is 2.61 bits per heavy atom. The number of aliphatic hydroxyl groups excluding tert-OH is 1. The molecular weight excluding hydrogens is 273 g/mol. The number of rotatable bonds is 5. The minimum absolute atomic E-state index is 0.0919. The molecule has 0 amide bonds. The molecule has 0 aliphatic rings. The predicted molar refractivity (Wildman–Crippen MR) is 74.5 cm³/mol. The summed E-state index contributed by atoms with van der Waals surface area (Å²) >= 11 is 11.8. The molecule has 1 aromatic rings.